The first kappa shape index (κ1) is 15.7. The van der Waals surface area contributed by atoms with Gasteiger partial charge in [0.15, 0.2) is 0 Å². The molecule has 2 aromatic carbocycles. The molecule has 0 saturated heterocycles. The summed E-state index contributed by atoms with van der Waals surface area (Å²) in [5.41, 5.74) is 2.10. The molecule has 0 saturated carbocycles. The van der Waals surface area contributed by atoms with E-state index in [9.17, 15) is 10.1 Å². The molecule has 5 heteroatoms. The highest BCUT2D eigenvalue weighted by molar-refractivity contribution is 9.10. The van der Waals surface area contributed by atoms with E-state index in [1.165, 1.54) is 11.6 Å². The van der Waals surface area contributed by atoms with E-state index in [1.807, 2.05) is 18.2 Å². The van der Waals surface area contributed by atoms with Crippen molar-refractivity contribution in [1.82, 2.24) is 5.32 Å². The molecule has 0 heterocycles. The molecule has 21 heavy (non-hydrogen) atoms. The second-order valence-electron chi connectivity index (χ2n) is 4.97. The summed E-state index contributed by atoms with van der Waals surface area (Å²) in [6.45, 7) is 3.39. The molecule has 2 rings (SSSR count). The molecule has 110 valence electrons. The lowest BCUT2D eigenvalue weighted by atomic mass is 10.0. The normalized spacial score (nSPS) is 12.1. The minimum absolute atomic E-state index is 0.151. The molecule has 1 atom stereocenters. The highest BCUT2D eigenvalue weighted by Crippen LogP contribution is 2.23. The number of hydrogen-bond donors (Lipinski definition) is 1. The third-order valence-electron chi connectivity index (χ3n) is 3.37. The van der Waals surface area contributed by atoms with Crippen molar-refractivity contribution < 1.29 is 4.92 Å². The zero-order chi connectivity index (χ0) is 15.2. The lowest BCUT2D eigenvalue weighted by Crippen LogP contribution is -2.20. The number of nitro groups is 1. The molecule has 0 bridgehead atoms. The Morgan fingerprint density at radius 2 is 1.95 bits per heavy atom. The second kappa shape index (κ2) is 7.33. The van der Waals surface area contributed by atoms with E-state index in [0.29, 0.717) is 18.0 Å². The zero-order valence-electron chi connectivity index (χ0n) is 11.8. The number of nitrogens with zero attached hydrogens (tertiary/aromatic N) is 1. The predicted molar refractivity (Wildman–Crippen MR) is 87.4 cm³/mol. The summed E-state index contributed by atoms with van der Waals surface area (Å²) in [5, 5.41) is 14.3. The fraction of sp³-hybridized carbons (Fsp3) is 0.250. The molecule has 0 radical (unpaired) electrons. The largest absolute Gasteiger partial charge is 0.312 e. The van der Waals surface area contributed by atoms with Gasteiger partial charge in [0.1, 0.15) is 0 Å². The molecule has 4 nitrogen and oxygen atoms in total. The van der Waals surface area contributed by atoms with Crippen LogP contribution in [0.1, 0.15) is 24.0 Å². The van der Waals surface area contributed by atoms with Crippen molar-refractivity contribution in [1.29, 1.82) is 0 Å². The van der Waals surface area contributed by atoms with Gasteiger partial charge in [-0.05, 0) is 23.6 Å². The first-order valence-electron chi connectivity index (χ1n) is 6.76. The Labute approximate surface area is 132 Å². The first-order valence-corrected chi connectivity index (χ1v) is 7.55. The molecule has 0 aliphatic heterocycles. The number of benzene rings is 2. The lowest BCUT2D eigenvalue weighted by molar-refractivity contribution is -0.385. The molecule has 1 unspecified atom stereocenters. The maximum Gasteiger partial charge on any atom is 0.273 e. The minimum Gasteiger partial charge on any atom is -0.312 e. The maximum absolute atomic E-state index is 11.0. The standard InChI is InChI=1S/C16H17BrN2O2/c1-12(13-5-3-2-4-6-13)10-18-11-14-9-15(17)7-8-16(14)19(20)21/h2-9,12,18H,10-11H2,1H3. The summed E-state index contributed by atoms with van der Waals surface area (Å²) in [7, 11) is 0. The highest BCUT2D eigenvalue weighted by Gasteiger charge is 2.13. The predicted octanol–water partition coefficient (Wildman–Crippen LogP) is 4.25. The van der Waals surface area contributed by atoms with Crippen LogP contribution in [0.2, 0.25) is 0 Å². The van der Waals surface area contributed by atoms with Crippen LogP contribution in [0.15, 0.2) is 53.0 Å². The molecule has 1 N–H and O–H groups in total. The van der Waals surface area contributed by atoms with Gasteiger partial charge >= 0.3 is 0 Å². The Hall–Kier alpha value is -1.72. The van der Waals surface area contributed by atoms with Gasteiger partial charge in [-0.15, -0.1) is 0 Å². The van der Waals surface area contributed by atoms with Gasteiger partial charge in [-0.3, -0.25) is 10.1 Å². The van der Waals surface area contributed by atoms with Crippen LogP contribution in [0.5, 0.6) is 0 Å². The summed E-state index contributed by atoms with van der Waals surface area (Å²) < 4.78 is 0.848. The van der Waals surface area contributed by atoms with E-state index in [-0.39, 0.29) is 10.6 Å². The van der Waals surface area contributed by atoms with Crippen molar-refractivity contribution in [3.05, 3.63) is 74.2 Å². The summed E-state index contributed by atoms with van der Waals surface area (Å²) in [4.78, 5) is 10.7. The molecule has 0 fully saturated rings. The van der Waals surface area contributed by atoms with Gasteiger partial charge in [-0.25, -0.2) is 0 Å². The topological polar surface area (TPSA) is 55.2 Å². The summed E-state index contributed by atoms with van der Waals surface area (Å²) in [6.07, 6.45) is 0. The third kappa shape index (κ3) is 4.37. The second-order valence-corrected chi connectivity index (χ2v) is 5.89. The van der Waals surface area contributed by atoms with E-state index >= 15 is 0 Å². The van der Waals surface area contributed by atoms with E-state index in [4.69, 9.17) is 0 Å². The van der Waals surface area contributed by atoms with Crippen LogP contribution in [0.4, 0.5) is 5.69 Å². The Balaban J connectivity index is 1.97. The molecule has 0 spiro atoms. The van der Waals surface area contributed by atoms with Crippen molar-refractivity contribution in [2.75, 3.05) is 6.54 Å². The Morgan fingerprint density at radius 3 is 2.62 bits per heavy atom. The number of hydrogen-bond acceptors (Lipinski definition) is 3. The van der Waals surface area contributed by atoms with Crippen LogP contribution >= 0.6 is 15.9 Å². The van der Waals surface area contributed by atoms with Gasteiger partial charge in [0.2, 0.25) is 0 Å². The zero-order valence-corrected chi connectivity index (χ0v) is 13.3. The van der Waals surface area contributed by atoms with Crippen LogP contribution in [-0.2, 0) is 6.54 Å². The smallest absolute Gasteiger partial charge is 0.273 e. The van der Waals surface area contributed by atoms with Crippen LogP contribution < -0.4 is 5.32 Å². The lowest BCUT2D eigenvalue weighted by Gasteiger charge is -2.13. The SMILES string of the molecule is CC(CNCc1cc(Br)ccc1[N+](=O)[O-])c1ccccc1. The quantitative estimate of drug-likeness (QED) is 0.627. The van der Waals surface area contributed by atoms with Gasteiger partial charge in [-0.1, -0.05) is 53.2 Å². The number of rotatable bonds is 6. The van der Waals surface area contributed by atoms with Gasteiger partial charge in [0, 0.05) is 29.2 Å². The minimum atomic E-state index is -0.343. The van der Waals surface area contributed by atoms with Gasteiger partial charge < -0.3 is 5.32 Å². The van der Waals surface area contributed by atoms with Gasteiger partial charge in [-0.2, -0.15) is 0 Å². The molecule has 2 aromatic rings. The molecule has 0 aromatic heterocycles. The average Bonchev–Trinajstić information content (AvgIpc) is 2.48. The van der Waals surface area contributed by atoms with Crippen molar-refractivity contribution in [2.45, 2.75) is 19.4 Å². The molecule has 0 amide bonds. The van der Waals surface area contributed by atoms with E-state index < -0.39 is 0 Å². The number of nitrogens with one attached hydrogen (secondary N) is 1. The highest BCUT2D eigenvalue weighted by atomic mass is 79.9. The molecule has 0 aliphatic carbocycles. The number of halogens is 1. The molecular weight excluding hydrogens is 332 g/mol. The number of nitro benzene ring substituents is 1. The fourth-order valence-electron chi connectivity index (χ4n) is 2.20. The van der Waals surface area contributed by atoms with Gasteiger partial charge in [0.25, 0.3) is 5.69 Å². The first-order chi connectivity index (χ1) is 10.1. The molecule has 0 aliphatic rings. The van der Waals surface area contributed by atoms with Crippen molar-refractivity contribution in [2.24, 2.45) is 0 Å². The summed E-state index contributed by atoms with van der Waals surface area (Å²) in [5.74, 6) is 0.359. The Kier molecular flexibility index (Phi) is 5.47. The Bertz CT molecular complexity index is 617. The molecular formula is C16H17BrN2O2. The summed E-state index contributed by atoms with van der Waals surface area (Å²) >= 11 is 3.35. The van der Waals surface area contributed by atoms with E-state index in [1.54, 1.807) is 12.1 Å². The van der Waals surface area contributed by atoms with Gasteiger partial charge in [0.05, 0.1) is 4.92 Å². The Morgan fingerprint density at radius 1 is 1.24 bits per heavy atom. The van der Waals surface area contributed by atoms with Crippen molar-refractivity contribution in [3.8, 4) is 0 Å². The average molecular weight is 349 g/mol. The fourth-order valence-corrected chi connectivity index (χ4v) is 2.61. The summed E-state index contributed by atoms with van der Waals surface area (Å²) in [6, 6.07) is 15.2. The van der Waals surface area contributed by atoms with E-state index in [2.05, 4.69) is 40.3 Å². The van der Waals surface area contributed by atoms with Crippen LogP contribution in [0.25, 0.3) is 0 Å². The van der Waals surface area contributed by atoms with E-state index in [0.717, 1.165) is 11.0 Å². The maximum atomic E-state index is 11.0. The van der Waals surface area contributed by atoms with Crippen molar-refractivity contribution >= 4 is 21.6 Å². The van der Waals surface area contributed by atoms with Crippen molar-refractivity contribution in [3.63, 3.8) is 0 Å². The van der Waals surface area contributed by atoms with Crippen LogP contribution in [0.3, 0.4) is 0 Å². The van der Waals surface area contributed by atoms with Crippen LogP contribution in [-0.4, -0.2) is 11.5 Å². The monoisotopic (exact) mass is 348 g/mol. The van der Waals surface area contributed by atoms with Crippen LogP contribution in [0, 0.1) is 10.1 Å². The third-order valence-corrected chi connectivity index (χ3v) is 3.87.